The molecule has 4 rings (SSSR count). The summed E-state index contributed by atoms with van der Waals surface area (Å²) in [6, 6.07) is 15.7. The molecule has 1 N–H and O–H groups in total. The number of hydrogen-bond acceptors (Lipinski definition) is 4. The molecule has 1 aliphatic carbocycles. The van der Waals surface area contributed by atoms with Crippen LogP contribution in [-0.2, 0) is 6.54 Å². The van der Waals surface area contributed by atoms with Crippen molar-refractivity contribution in [2.45, 2.75) is 25.4 Å². The predicted molar refractivity (Wildman–Crippen MR) is 102 cm³/mol. The molecule has 1 saturated carbocycles. The highest BCUT2D eigenvalue weighted by molar-refractivity contribution is 5.96. The topological polar surface area (TPSA) is 65.5 Å². The number of pyridine rings is 1. The summed E-state index contributed by atoms with van der Waals surface area (Å²) in [5, 5.41) is 2.91. The number of hydrogen-bond donors (Lipinski definition) is 1. The first-order valence-corrected chi connectivity index (χ1v) is 9.52. The highest BCUT2D eigenvalue weighted by Crippen LogP contribution is 2.19. The number of nitrogens with zero attached hydrogens (tertiary/aromatic N) is 3. The quantitative estimate of drug-likeness (QED) is 0.881. The number of aromatic nitrogens is 1. The van der Waals surface area contributed by atoms with Gasteiger partial charge in [-0.2, -0.15) is 0 Å². The Labute approximate surface area is 159 Å². The summed E-state index contributed by atoms with van der Waals surface area (Å²) in [6.45, 7) is 3.92. The molecular formula is C21H24N4O2. The van der Waals surface area contributed by atoms with Crippen molar-refractivity contribution in [2.24, 2.45) is 0 Å². The zero-order chi connectivity index (χ0) is 18.6. The maximum Gasteiger partial charge on any atom is 0.272 e. The van der Waals surface area contributed by atoms with Crippen molar-refractivity contribution in [1.82, 2.24) is 20.1 Å². The van der Waals surface area contributed by atoms with Gasteiger partial charge in [0.2, 0.25) is 0 Å². The fourth-order valence-corrected chi connectivity index (χ4v) is 3.28. The zero-order valence-electron chi connectivity index (χ0n) is 15.3. The summed E-state index contributed by atoms with van der Waals surface area (Å²) in [5.74, 6) is -0.296. The second-order valence-electron chi connectivity index (χ2n) is 7.21. The summed E-state index contributed by atoms with van der Waals surface area (Å²) >= 11 is 0. The van der Waals surface area contributed by atoms with Gasteiger partial charge < -0.3 is 10.2 Å². The normalized spacial score (nSPS) is 17.6. The van der Waals surface area contributed by atoms with Crippen molar-refractivity contribution >= 4 is 11.8 Å². The van der Waals surface area contributed by atoms with Crippen molar-refractivity contribution in [3.8, 4) is 0 Å². The Morgan fingerprint density at radius 3 is 2.33 bits per heavy atom. The Kier molecular flexibility index (Phi) is 5.16. The molecule has 0 spiro atoms. The molecule has 2 aliphatic rings. The molecule has 2 fully saturated rings. The van der Waals surface area contributed by atoms with Gasteiger partial charge in [0.1, 0.15) is 11.4 Å². The summed E-state index contributed by atoms with van der Waals surface area (Å²) in [4.78, 5) is 33.4. The van der Waals surface area contributed by atoms with E-state index in [1.54, 1.807) is 18.2 Å². The molecule has 2 heterocycles. The third-order valence-corrected chi connectivity index (χ3v) is 5.02. The highest BCUT2D eigenvalue weighted by Gasteiger charge is 2.26. The van der Waals surface area contributed by atoms with Gasteiger partial charge in [-0.3, -0.25) is 14.5 Å². The molecule has 1 aromatic carbocycles. The molecule has 0 bridgehead atoms. The van der Waals surface area contributed by atoms with Crippen LogP contribution in [0.15, 0.2) is 48.5 Å². The lowest BCUT2D eigenvalue weighted by molar-refractivity contribution is 0.0622. The molecule has 27 heavy (non-hydrogen) atoms. The van der Waals surface area contributed by atoms with E-state index in [1.165, 1.54) is 5.56 Å². The molecule has 0 unspecified atom stereocenters. The number of carbonyl (C=O) groups excluding carboxylic acids is 2. The first-order chi connectivity index (χ1) is 13.2. The minimum atomic E-state index is -0.195. The summed E-state index contributed by atoms with van der Waals surface area (Å²) in [6.07, 6.45) is 2.05. The van der Waals surface area contributed by atoms with E-state index >= 15 is 0 Å². The van der Waals surface area contributed by atoms with E-state index < -0.39 is 0 Å². The molecule has 1 saturated heterocycles. The molecule has 0 radical (unpaired) electrons. The maximum absolute atomic E-state index is 12.8. The van der Waals surface area contributed by atoms with Gasteiger partial charge in [0.15, 0.2) is 0 Å². The number of amides is 2. The van der Waals surface area contributed by atoms with Gasteiger partial charge >= 0.3 is 0 Å². The first kappa shape index (κ1) is 17.7. The fourth-order valence-electron chi connectivity index (χ4n) is 3.28. The van der Waals surface area contributed by atoms with Crippen LogP contribution in [0, 0.1) is 0 Å². The fraction of sp³-hybridized carbons (Fsp3) is 0.381. The summed E-state index contributed by atoms with van der Waals surface area (Å²) < 4.78 is 0. The van der Waals surface area contributed by atoms with Crippen LogP contribution in [0.2, 0.25) is 0 Å². The van der Waals surface area contributed by atoms with Crippen molar-refractivity contribution < 1.29 is 9.59 Å². The van der Waals surface area contributed by atoms with Crippen LogP contribution in [0.3, 0.4) is 0 Å². The Morgan fingerprint density at radius 1 is 0.926 bits per heavy atom. The van der Waals surface area contributed by atoms with Gasteiger partial charge in [0.25, 0.3) is 11.8 Å². The molecule has 2 amide bonds. The number of nitrogens with one attached hydrogen (secondary N) is 1. The van der Waals surface area contributed by atoms with Crippen molar-refractivity contribution in [3.05, 3.63) is 65.5 Å². The monoisotopic (exact) mass is 364 g/mol. The lowest BCUT2D eigenvalue weighted by Gasteiger charge is -2.34. The zero-order valence-corrected chi connectivity index (χ0v) is 15.3. The second kappa shape index (κ2) is 7.88. The van der Waals surface area contributed by atoms with Crippen molar-refractivity contribution in [1.29, 1.82) is 0 Å². The standard InChI is InChI=1S/C21H24N4O2/c26-20(22-17-9-10-17)18-7-4-8-19(23-18)21(27)25-13-11-24(12-14-25)15-16-5-2-1-3-6-16/h1-8,17H,9-15H2,(H,22,26). The van der Waals surface area contributed by atoms with E-state index in [9.17, 15) is 9.59 Å². The number of carbonyl (C=O) groups is 2. The van der Waals surface area contributed by atoms with Crippen LogP contribution >= 0.6 is 0 Å². The van der Waals surface area contributed by atoms with E-state index in [0.29, 0.717) is 24.5 Å². The van der Waals surface area contributed by atoms with E-state index in [2.05, 4.69) is 27.3 Å². The van der Waals surface area contributed by atoms with Gasteiger partial charge in [-0.1, -0.05) is 36.4 Å². The molecule has 1 aromatic heterocycles. The number of rotatable bonds is 5. The van der Waals surface area contributed by atoms with Crippen molar-refractivity contribution in [3.63, 3.8) is 0 Å². The van der Waals surface area contributed by atoms with E-state index in [1.807, 2.05) is 23.1 Å². The second-order valence-corrected chi connectivity index (χ2v) is 7.21. The Hall–Kier alpha value is -2.73. The molecule has 1 aliphatic heterocycles. The highest BCUT2D eigenvalue weighted by atomic mass is 16.2. The van der Waals surface area contributed by atoms with Gasteiger partial charge in [-0.25, -0.2) is 4.98 Å². The molecular weight excluding hydrogens is 340 g/mol. The number of benzene rings is 1. The van der Waals surface area contributed by atoms with Crippen LogP contribution in [0.1, 0.15) is 39.4 Å². The van der Waals surface area contributed by atoms with Crippen LogP contribution < -0.4 is 5.32 Å². The average Bonchev–Trinajstić information content (AvgIpc) is 3.53. The Morgan fingerprint density at radius 2 is 1.63 bits per heavy atom. The Balaban J connectivity index is 1.34. The molecule has 0 atom stereocenters. The van der Waals surface area contributed by atoms with E-state index in [4.69, 9.17) is 0 Å². The summed E-state index contributed by atoms with van der Waals surface area (Å²) in [5.41, 5.74) is 1.94. The van der Waals surface area contributed by atoms with Gasteiger partial charge in [0.05, 0.1) is 0 Å². The van der Waals surface area contributed by atoms with E-state index in [-0.39, 0.29) is 17.9 Å². The van der Waals surface area contributed by atoms with Gasteiger partial charge in [-0.15, -0.1) is 0 Å². The van der Waals surface area contributed by atoms with Gasteiger partial charge in [0, 0.05) is 38.8 Å². The maximum atomic E-state index is 12.8. The largest absolute Gasteiger partial charge is 0.348 e. The van der Waals surface area contributed by atoms with Crippen LogP contribution in [0.25, 0.3) is 0 Å². The van der Waals surface area contributed by atoms with Crippen molar-refractivity contribution in [2.75, 3.05) is 26.2 Å². The Bertz CT molecular complexity index is 812. The molecule has 6 heteroatoms. The molecule has 6 nitrogen and oxygen atoms in total. The third kappa shape index (κ3) is 4.52. The summed E-state index contributed by atoms with van der Waals surface area (Å²) in [7, 11) is 0. The van der Waals surface area contributed by atoms with E-state index in [0.717, 1.165) is 32.5 Å². The smallest absolute Gasteiger partial charge is 0.272 e. The lowest BCUT2D eigenvalue weighted by Crippen LogP contribution is -2.48. The minimum absolute atomic E-state index is 0.101. The number of piperazine rings is 1. The predicted octanol–water partition coefficient (Wildman–Crippen LogP) is 1.93. The minimum Gasteiger partial charge on any atom is -0.348 e. The SMILES string of the molecule is O=C(NC1CC1)c1cccc(C(=O)N2CCN(Cc3ccccc3)CC2)n1. The van der Waals surface area contributed by atoms with Gasteiger partial charge in [-0.05, 0) is 30.5 Å². The third-order valence-electron chi connectivity index (χ3n) is 5.02. The first-order valence-electron chi connectivity index (χ1n) is 9.52. The van der Waals surface area contributed by atoms with Crippen LogP contribution in [0.5, 0.6) is 0 Å². The van der Waals surface area contributed by atoms with Crippen LogP contribution in [0.4, 0.5) is 0 Å². The lowest BCUT2D eigenvalue weighted by atomic mass is 10.2. The average molecular weight is 364 g/mol. The van der Waals surface area contributed by atoms with Crippen LogP contribution in [-0.4, -0.2) is 58.8 Å². The molecule has 2 aromatic rings. The molecule has 140 valence electrons.